The lowest BCUT2D eigenvalue weighted by atomic mass is 10.3. The van der Waals surface area contributed by atoms with Gasteiger partial charge in [-0.3, -0.25) is 4.55 Å². The lowest BCUT2D eigenvalue weighted by molar-refractivity contribution is -0.000291. The highest BCUT2D eigenvalue weighted by Gasteiger charge is 1.99. The van der Waals surface area contributed by atoms with Crippen molar-refractivity contribution < 1.29 is 27.0 Å². The fourth-order valence-electron chi connectivity index (χ4n) is 0.830. The molecule has 1 atom stereocenters. The van der Waals surface area contributed by atoms with Gasteiger partial charge in [0.2, 0.25) is 0 Å². The van der Waals surface area contributed by atoms with Crippen LogP contribution < -0.4 is 4.74 Å². The van der Waals surface area contributed by atoms with Crippen LogP contribution in [0.5, 0.6) is 5.75 Å². The Morgan fingerprint density at radius 3 is 2.28 bits per heavy atom. The molecule has 0 saturated heterocycles. The minimum atomic E-state index is -4.26. The van der Waals surface area contributed by atoms with E-state index in [0.717, 1.165) is 0 Å². The quantitative estimate of drug-likeness (QED) is 0.479. The zero-order chi connectivity index (χ0) is 14.0. The van der Waals surface area contributed by atoms with Crippen molar-refractivity contribution in [3.8, 4) is 5.75 Å². The Balaban J connectivity index is 0.000000331. The van der Waals surface area contributed by atoms with E-state index >= 15 is 0 Å². The lowest BCUT2D eigenvalue weighted by Crippen LogP contribution is -2.08. The van der Waals surface area contributed by atoms with Crippen LogP contribution in [0.4, 0.5) is 0 Å². The van der Waals surface area contributed by atoms with E-state index < -0.39 is 16.7 Å². The Hall–Kier alpha value is -1.41. The van der Waals surface area contributed by atoms with Gasteiger partial charge in [-0.25, -0.2) is 4.18 Å². The zero-order valence-electron chi connectivity index (χ0n) is 9.89. The van der Waals surface area contributed by atoms with Gasteiger partial charge in [-0.05, 0) is 19.1 Å². The molecular formula is C11H16O6S. The summed E-state index contributed by atoms with van der Waals surface area (Å²) >= 11 is 0. The highest BCUT2D eigenvalue weighted by molar-refractivity contribution is 7.80. The van der Waals surface area contributed by atoms with Gasteiger partial charge in [0.1, 0.15) is 5.75 Å². The standard InChI is InChI=1S/C8H10O2.C3H6O4S/c1-7(9)10-8-5-3-2-4-6-8;1-2-3-7-8(4,5)6/h2-7,9H,1H3;2H,1,3H2,(H,4,5,6). The van der Waals surface area contributed by atoms with Crippen molar-refractivity contribution >= 4 is 10.4 Å². The highest BCUT2D eigenvalue weighted by Crippen LogP contribution is 2.09. The predicted molar refractivity (Wildman–Crippen MR) is 66.4 cm³/mol. The van der Waals surface area contributed by atoms with Crippen molar-refractivity contribution in [2.75, 3.05) is 6.61 Å². The Morgan fingerprint density at radius 2 is 1.94 bits per heavy atom. The third kappa shape index (κ3) is 11.1. The first-order valence-corrected chi connectivity index (χ1v) is 6.34. The number of para-hydroxylation sites is 1. The minimum Gasteiger partial charge on any atom is -0.465 e. The van der Waals surface area contributed by atoms with Gasteiger partial charge in [-0.15, -0.1) is 6.58 Å². The van der Waals surface area contributed by atoms with Crippen LogP contribution in [-0.4, -0.2) is 31.0 Å². The van der Waals surface area contributed by atoms with Gasteiger partial charge in [0.25, 0.3) is 0 Å². The predicted octanol–water partition coefficient (Wildman–Crippen LogP) is 1.40. The Kier molecular flexibility index (Phi) is 7.97. The summed E-state index contributed by atoms with van der Waals surface area (Å²) in [5.74, 6) is 0.692. The van der Waals surface area contributed by atoms with Crippen molar-refractivity contribution in [1.82, 2.24) is 0 Å². The zero-order valence-corrected chi connectivity index (χ0v) is 10.7. The van der Waals surface area contributed by atoms with Crippen molar-refractivity contribution in [3.05, 3.63) is 43.0 Å². The molecule has 102 valence electrons. The second kappa shape index (κ2) is 8.65. The first-order valence-electron chi connectivity index (χ1n) is 4.97. The van der Waals surface area contributed by atoms with E-state index in [9.17, 15) is 8.42 Å². The lowest BCUT2D eigenvalue weighted by Gasteiger charge is -2.06. The number of benzene rings is 1. The molecule has 1 aromatic carbocycles. The van der Waals surface area contributed by atoms with E-state index in [-0.39, 0.29) is 6.61 Å². The van der Waals surface area contributed by atoms with Crippen molar-refractivity contribution in [3.63, 3.8) is 0 Å². The fraction of sp³-hybridized carbons (Fsp3) is 0.273. The summed E-state index contributed by atoms with van der Waals surface area (Å²) in [5.41, 5.74) is 0. The summed E-state index contributed by atoms with van der Waals surface area (Å²) in [7, 11) is -4.26. The van der Waals surface area contributed by atoms with Crippen LogP contribution in [0.3, 0.4) is 0 Å². The smallest absolute Gasteiger partial charge is 0.397 e. The third-order valence-corrected chi connectivity index (χ3v) is 1.82. The van der Waals surface area contributed by atoms with Gasteiger partial charge in [-0.1, -0.05) is 24.3 Å². The Bertz CT molecular complexity index is 426. The first kappa shape index (κ1) is 16.6. The maximum absolute atomic E-state index is 9.68. The number of aliphatic hydroxyl groups is 1. The maximum atomic E-state index is 9.68. The molecule has 0 aliphatic rings. The van der Waals surface area contributed by atoms with Crippen molar-refractivity contribution in [2.45, 2.75) is 13.2 Å². The van der Waals surface area contributed by atoms with Gasteiger partial charge in [0.15, 0.2) is 6.29 Å². The molecule has 0 bridgehead atoms. The fourth-order valence-corrected chi connectivity index (χ4v) is 1.10. The molecule has 0 amide bonds. The number of rotatable bonds is 5. The summed E-state index contributed by atoms with van der Waals surface area (Å²) in [6, 6.07) is 9.21. The average molecular weight is 276 g/mol. The molecule has 1 unspecified atom stereocenters. The Labute approximate surface area is 106 Å². The molecule has 0 aliphatic heterocycles. The van der Waals surface area contributed by atoms with E-state index in [0.29, 0.717) is 5.75 Å². The topological polar surface area (TPSA) is 93.1 Å². The molecule has 0 heterocycles. The van der Waals surface area contributed by atoms with Crippen LogP contribution in [0.1, 0.15) is 6.92 Å². The number of hydrogen-bond donors (Lipinski definition) is 2. The molecular weight excluding hydrogens is 260 g/mol. The number of aliphatic hydroxyl groups excluding tert-OH is 1. The molecule has 7 heteroatoms. The van der Waals surface area contributed by atoms with Gasteiger partial charge in [-0.2, -0.15) is 8.42 Å². The first-order chi connectivity index (χ1) is 8.35. The van der Waals surface area contributed by atoms with E-state index in [1.807, 2.05) is 18.2 Å². The van der Waals surface area contributed by atoms with Gasteiger partial charge in [0, 0.05) is 0 Å². The minimum absolute atomic E-state index is 0.196. The molecule has 1 aromatic rings. The third-order valence-electron chi connectivity index (χ3n) is 1.38. The van der Waals surface area contributed by atoms with Gasteiger partial charge in [0.05, 0.1) is 6.61 Å². The molecule has 0 fully saturated rings. The highest BCUT2D eigenvalue weighted by atomic mass is 32.3. The van der Waals surface area contributed by atoms with E-state index in [4.69, 9.17) is 14.4 Å². The molecule has 1 rings (SSSR count). The number of hydrogen-bond acceptors (Lipinski definition) is 5. The average Bonchev–Trinajstić information content (AvgIpc) is 2.27. The molecule has 0 saturated carbocycles. The van der Waals surface area contributed by atoms with Crippen LogP contribution in [0, 0.1) is 0 Å². The molecule has 0 aromatic heterocycles. The molecule has 0 radical (unpaired) electrons. The monoisotopic (exact) mass is 276 g/mol. The normalized spacial score (nSPS) is 11.9. The van der Waals surface area contributed by atoms with Crippen molar-refractivity contribution in [1.29, 1.82) is 0 Å². The summed E-state index contributed by atoms with van der Waals surface area (Å²) in [6.07, 6.45) is 0.482. The molecule has 2 N–H and O–H groups in total. The van der Waals surface area contributed by atoms with E-state index in [1.165, 1.54) is 6.08 Å². The second-order valence-electron chi connectivity index (χ2n) is 3.03. The number of ether oxygens (including phenoxy) is 1. The van der Waals surface area contributed by atoms with E-state index in [2.05, 4.69) is 10.8 Å². The van der Waals surface area contributed by atoms with Crippen LogP contribution in [-0.2, 0) is 14.6 Å². The summed E-state index contributed by atoms with van der Waals surface area (Å²) in [4.78, 5) is 0. The summed E-state index contributed by atoms with van der Waals surface area (Å²) in [6.45, 7) is 4.54. The molecule has 0 aliphatic carbocycles. The second-order valence-corrected chi connectivity index (χ2v) is 4.12. The van der Waals surface area contributed by atoms with Crippen LogP contribution in [0.2, 0.25) is 0 Å². The van der Waals surface area contributed by atoms with Gasteiger partial charge < -0.3 is 9.84 Å². The summed E-state index contributed by atoms with van der Waals surface area (Å²) in [5, 5.41) is 8.78. The van der Waals surface area contributed by atoms with Crippen molar-refractivity contribution in [2.24, 2.45) is 0 Å². The van der Waals surface area contributed by atoms with Gasteiger partial charge >= 0.3 is 10.4 Å². The molecule has 0 spiro atoms. The maximum Gasteiger partial charge on any atom is 0.397 e. The van der Waals surface area contributed by atoms with E-state index in [1.54, 1.807) is 19.1 Å². The van der Waals surface area contributed by atoms with Crippen LogP contribution in [0.25, 0.3) is 0 Å². The summed E-state index contributed by atoms with van der Waals surface area (Å²) < 4.78 is 36.0. The Morgan fingerprint density at radius 1 is 1.39 bits per heavy atom. The molecule has 18 heavy (non-hydrogen) atoms. The van der Waals surface area contributed by atoms with Crippen LogP contribution in [0.15, 0.2) is 43.0 Å². The largest absolute Gasteiger partial charge is 0.465 e. The molecule has 6 nitrogen and oxygen atoms in total. The van der Waals surface area contributed by atoms with Crippen LogP contribution >= 0.6 is 0 Å². The SMILES string of the molecule is C=CCOS(=O)(=O)O.CC(O)Oc1ccccc1.